The second-order valence-corrected chi connectivity index (χ2v) is 6.53. The first kappa shape index (κ1) is 18.8. The molecule has 0 saturated heterocycles. The Morgan fingerprint density at radius 1 is 0.741 bits per heavy atom. The lowest BCUT2D eigenvalue weighted by Crippen LogP contribution is -2.11. The predicted octanol–water partition coefficient (Wildman–Crippen LogP) is 6.26. The van der Waals surface area contributed by atoms with Gasteiger partial charge in [-0.2, -0.15) is 0 Å². The van der Waals surface area contributed by atoms with Crippen LogP contribution in [0.2, 0.25) is 0 Å². The molecule has 27 heavy (non-hydrogen) atoms. The van der Waals surface area contributed by atoms with E-state index in [1.807, 2.05) is 24.3 Å². The summed E-state index contributed by atoms with van der Waals surface area (Å²) in [6.45, 7) is 4.17. The summed E-state index contributed by atoms with van der Waals surface area (Å²) in [4.78, 5) is 12.3. The summed E-state index contributed by atoms with van der Waals surface area (Å²) in [6, 6.07) is 13.9. The molecule has 5 heteroatoms. The normalized spacial score (nSPS) is 11.1. The van der Waals surface area contributed by atoms with Gasteiger partial charge in [-0.05, 0) is 22.6 Å². The van der Waals surface area contributed by atoms with Crippen molar-refractivity contribution in [3.63, 3.8) is 0 Å². The molecule has 0 aromatic heterocycles. The molecular weight excluding hydrogens is 356 g/mol. The third kappa shape index (κ3) is 3.63. The molecule has 0 heterocycles. The van der Waals surface area contributed by atoms with E-state index >= 15 is 0 Å². The van der Waals surface area contributed by atoms with Crippen LogP contribution in [0.1, 0.15) is 41.3 Å². The second-order valence-electron chi connectivity index (χ2n) is 6.53. The molecule has 0 atom stereocenters. The topological polar surface area (TPSA) is 17.1 Å². The van der Waals surface area contributed by atoms with Gasteiger partial charge in [0.05, 0.1) is 0 Å². The Labute approximate surface area is 154 Å². The molecular formula is C22H16F4O. The molecule has 1 nitrogen and oxygen atoms in total. The van der Waals surface area contributed by atoms with E-state index in [9.17, 15) is 22.4 Å². The fraction of sp³-hybridized carbons (Fsp3) is 0.136. The van der Waals surface area contributed by atoms with Gasteiger partial charge in [-0.1, -0.05) is 62.4 Å². The number of ketones is 1. The quantitative estimate of drug-likeness (QED) is 0.300. The lowest BCUT2D eigenvalue weighted by molar-refractivity contribution is 0.102. The highest BCUT2D eigenvalue weighted by atomic mass is 19.2. The van der Waals surface area contributed by atoms with Crippen LogP contribution in [0, 0.1) is 23.3 Å². The van der Waals surface area contributed by atoms with E-state index in [2.05, 4.69) is 13.8 Å². The fourth-order valence-electron chi connectivity index (χ4n) is 2.79. The van der Waals surface area contributed by atoms with Crippen molar-refractivity contribution in [2.75, 3.05) is 0 Å². The molecule has 3 rings (SSSR count). The first-order chi connectivity index (χ1) is 12.8. The molecule has 0 aliphatic rings. The molecule has 0 bridgehead atoms. The Kier molecular flexibility index (Phi) is 5.13. The van der Waals surface area contributed by atoms with Crippen LogP contribution in [0.15, 0.2) is 54.6 Å². The zero-order valence-electron chi connectivity index (χ0n) is 14.7. The summed E-state index contributed by atoms with van der Waals surface area (Å²) in [5.74, 6) is -7.35. The van der Waals surface area contributed by atoms with Gasteiger partial charge in [0.25, 0.3) is 0 Å². The van der Waals surface area contributed by atoms with Crippen molar-refractivity contribution >= 4 is 5.78 Å². The standard InChI is InChI=1S/C22H16F4O/c1-12(2)13-3-5-14(6-4-13)15-7-9-16(10-8-15)22(27)19-20(25)17(23)11-18(24)21(19)26/h3-12H,1-2H3. The van der Waals surface area contributed by atoms with E-state index in [4.69, 9.17) is 0 Å². The van der Waals surface area contributed by atoms with E-state index in [-0.39, 0.29) is 11.6 Å². The minimum absolute atomic E-state index is 0.0691. The van der Waals surface area contributed by atoms with E-state index in [1.54, 1.807) is 12.1 Å². The number of rotatable bonds is 4. The SMILES string of the molecule is CC(C)c1ccc(-c2ccc(C(=O)c3c(F)c(F)cc(F)c3F)cc2)cc1. The first-order valence-electron chi connectivity index (χ1n) is 8.37. The lowest BCUT2D eigenvalue weighted by Gasteiger charge is -2.09. The maximum atomic E-state index is 13.8. The van der Waals surface area contributed by atoms with Gasteiger partial charge in [-0.15, -0.1) is 0 Å². The van der Waals surface area contributed by atoms with Crippen LogP contribution in [-0.2, 0) is 0 Å². The van der Waals surface area contributed by atoms with Crippen LogP contribution in [0.4, 0.5) is 17.6 Å². The molecule has 0 fully saturated rings. The number of hydrogen-bond donors (Lipinski definition) is 0. The van der Waals surface area contributed by atoms with Crippen LogP contribution in [0.5, 0.6) is 0 Å². The molecule has 0 aliphatic carbocycles. The number of carbonyl (C=O) groups is 1. The first-order valence-corrected chi connectivity index (χ1v) is 8.37. The van der Waals surface area contributed by atoms with Crippen molar-refractivity contribution < 1.29 is 22.4 Å². The highest BCUT2D eigenvalue weighted by molar-refractivity contribution is 6.09. The fourth-order valence-corrected chi connectivity index (χ4v) is 2.79. The van der Waals surface area contributed by atoms with Crippen molar-refractivity contribution in [1.82, 2.24) is 0 Å². The monoisotopic (exact) mass is 372 g/mol. The van der Waals surface area contributed by atoms with Crippen molar-refractivity contribution in [2.45, 2.75) is 19.8 Å². The lowest BCUT2D eigenvalue weighted by atomic mass is 9.96. The van der Waals surface area contributed by atoms with Gasteiger partial charge in [0.1, 0.15) is 5.56 Å². The Hall–Kier alpha value is -2.95. The molecule has 0 radical (unpaired) electrons. The highest BCUT2D eigenvalue weighted by Crippen LogP contribution is 2.26. The highest BCUT2D eigenvalue weighted by Gasteiger charge is 2.25. The van der Waals surface area contributed by atoms with Crippen LogP contribution in [-0.4, -0.2) is 5.78 Å². The number of halogens is 4. The van der Waals surface area contributed by atoms with Gasteiger partial charge in [-0.25, -0.2) is 17.6 Å². The molecule has 0 saturated carbocycles. The number of hydrogen-bond acceptors (Lipinski definition) is 1. The summed E-state index contributed by atoms with van der Waals surface area (Å²) in [5.41, 5.74) is 1.59. The third-order valence-corrected chi connectivity index (χ3v) is 4.40. The Morgan fingerprint density at radius 3 is 1.63 bits per heavy atom. The molecule has 0 N–H and O–H groups in total. The minimum atomic E-state index is -1.70. The van der Waals surface area contributed by atoms with Gasteiger partial charge in [0.2, 0.25) is 0 Å². The second kappa shape index (κ2) is 7.35. The molecule has 138 valence electrons. The van der Waals surface area contributed by atoms with Crippen LogP contribution >= 0.6 is 0 Å². The van der Waals surface area contributed by atoms with Gasteiger partial charge in [0.15, 0.2) is 29.1 Å². The molecule has 3 aromatic carbocycles. The summed E-state index contributed by atoms with van der Waals surface area (Å²) < 4.78 is 54.3. The minimum Gasteiger partial charge on any atom is -0.288 e. The van der Waals surface area contributed by atoms with E-state index in [0.29, 0.717) is 5.92 Å². The molecule has 3 aromatic rings. The van der Waals surface area contributed by atoms with Crippen molar-refractivity contribution in [3.05, 3.63) is 94.6 Å². The molecule has 0 amide bonds. The average Bonchev–Trinajstić information content (AvgIpc) is 2.67. The zero-order valence-corrected chi connectivity index (χ0v) is 14.7. The summed E-state index contributed by atoms with van der Waals surface area (Å²) in [5, 5.41) is 0. The number of carbonyl (C=O) groups excluding carboxylic acids is 1. The van der Waals surface area contributed by atoms with E-state index < -0.39 is 34.6 Å². The van der Waals surface area contributed by atoms with Crippen LogP contribution < -0.4 is 0 Å². The molecule has 0 spiro atoms. The maximum Gasteiger partial charge on any atom is 0.199 e. The Morgan fingerprint density at radius 2 is 1.19 bits per heavy atom. The Balaban J connectivity index is 1.93. The van der Waals surface area contributed by atoms with Crippen molar-refractivity contribution in [3.8, 4) is 11.1 Å². The maximum absolute atomic E-state index is 13.8. The largest absolute Gasteiger partial charge is 0.288 e. The van der Waals surface area contributed by atoms with Crippen LogP contribution in [0.25, 0.3) is 11.1 Å². The van der Waals surface area contributed by atoms with Gasteiger partial charge in [0, 0.05) is 11.6 Å². The summed E-state index contributed by atoms with van der Waals surface area (Å²) >= 11 is 0. The summed E-state index contributed by atoms with van der Waals surface area (Å²) in [6.07, 6.45) is 0. The van der Waals surface area contributed by atoms with Crippen molar-refractivity contribution in [2.24, 2.45) is 0 Å². The van der Waals surface area contributed by atoms with E-state index in [0.717, 1.165) is 11.1 Å². The average molecular weight is 372 g/mol. The molecule has 0 unspecified atom stereocenters. The third-order valence-electron chi connectivity index (χ3n) is 4.40. The van der Waals surface area contributed by atoms with Crippen LogP contribution in [0.3, 0.4) is 0 Å². The zero-order chi connectivity index (χ0) is 19.7. The predicted molar refractivity (Wildman–Crippen MR) is 95.7 cm³/mol. The molecule has 0 aliphatic heterocycles. The van der Waals surface area contributed by atoms with Crippen molar-refractivity contribution in [1.29, 1.82) is 0 Å². The van der Waals surface area contributed by atoms with E-state index in [1.165, 1.54) is 17.7 Å². The van der Waals surface area contributed by atoms with Gasteiger partial charge in [-0.3, -0.25) is 4.79 Å². The Bertz CT molecular complexity index is 964. The van der Waals surface area contributed by atoms with Gasteiger partial charge < -0.3 is 0 Å². The van der Waals surface area contributed by atoms with Gasteiger partial charge >= 0.3 is 0 Å². The smallest absolute Gasteiger partial charge is 0.199 e. The number of benzene rings is 3. The summed E-state index contributed by atoms with van der Waals surface area (Å²) in [7, 11) is 0.